The number of hydrogen-bond acceptors (Lipinski definition) is 10. The number of anilines is 2. The zero-order valence-corrected chi connectivity index (χ0v) is 27.2. The molecule has 0 spiro atoms. The number of nitrogens with zero attached hydrogens (tertiary/aromatic N) is 5. The summed E-state index contributed by atoms with van der Waals surface area (Å²) < 4.78 is 22.0. The summed E-state index contributed by atoms with van der Waals surface area (Å²) in [5.74, 6) is -0.178. The lowest BCUT2D eigenvalue weighted by Gasteiger charge is -2.32. The monoisotopic (exact) mass is 640 g/mol. The highest BCUT2D eigenvalue weighted by Gasteiger charge is 2.45. The number of rotatable bonds is 15. The van der Waals surface area contributed by atoms with Crippen molar-refractivity contribution in [1.82, 2.24) is 24.9 Å². The van der Waals surface area contributed by atoms with Gasteiger partial charge >= 0.3 is 5.69 Å². The number of benzene rings is 3. The fraction of sp³-hybridized carbons (Fsp3) is 0.400. The summed E-state index contributed by atoms with van der Waals surface area (Å²) >= 11 is 0. The minimum Gasteiger partial charge on any atom is -0.491 e. The van der Waals surface area contributed by atoms with Crippen LogP contribution in [0.4, 0.5) is 11.4 Å². The standard InChI is InChI=1S/C35H44N8O4/c1-4-30(5-2)43-34(44)41(25-39-43)31-15-11-28(12-16-31)36-19-20-37-29-13-17-32(18-14-29)45-22-33-23-46-35(47-33,27-9-7-6-8-10-27)24-42-38-21-26(3)40-42/h6-18,21,25-26,30,33,36-37,40H,4-5,19-20,22-24H2,1-3H3/t26?,33-,35-/m1/s1. The Morgan fingerprint density at radius 1 is 0.979 bits per heavy atom. The van der Waals surface area contributed by atoms with Crippen molar-refractivity contribution < 1.29 is 14.2 Å². The topological polar surface area (TPSA) is 119 Å². The molecule has 0 radical (unpaired) electrons. The number of hydrazone groups is 1. The van der Waals surface area contributed by atoms with E-state index in [1.165, 1.54) is 0 Å². The third-order valence-corrected chi connectivity index (χ3v) is 8.41. The van der Waals surface area contributed by atoms with E-state index in [-0.39, 0.29) is 23.9 Å². The summed E-state index contributed by atoms with van der Waals surface area (Å²) in [6.07, 6.45) is 4.97. The van der Waals surface area contributed by atoms with Crippen LogP contribution >= 0.6 is 0 Å². The van der Waals surface area contributed by atoms with Crippen LogP contribution in [0.1, 0.15) is 45.2 Å². The van der Waals surface area contributed by atoms with Crippen molar-refractivity contribution in [3.8, 4) is 11.4 Å². The van der Waals surface area contributed by atoms with Gasteiger partial charge in [0.1, 0.15) is 31.3 Å². The van der Waals surface area contributed by atoms with Crippen molar-refractivity contribution in [2.24, 2.45) is 5.10 Å². The van der Waals surface area contributed by atoms with Crippen molar-refractivity contribution in [2.75, 3.05) is 43.5 Å². The Bertz CT molecular complexity index is 1650. The second-order valence-corrected chi connectivity index (χ2v) is 11.8. The summed E-state index contributed by atoms with van der Waals surface area (Å²) in [5.41, 5.74) is 6.90. The molecule has 2 aliphatic rings. The smallest absolute Gasteiger partial charge is 0.350 e. The first-order valence-corrected chi connectivity index (χ1v) is 16.4. The zero-order chi connectivity index (χ0) is 32.6. The van der Waals surface area contributed by atoms with Gasteiger partial charge in [-0.15, -0.1) is 0 Å². The second kappa shape index (κ2) is 14.8. The number of ether oxygens (including phenoxy) is 3. The molecule has 1 aromatic heterocycles. The van der Waals surface area contributed by atoms with Crippen LogP contribution in [0.5, 0.6) is 5.75 Å². The first-order valence-electron chi connectivity index (χ1n) is 16.4. The molecule has 12 nitrogen and oxygen atoms in total. The van der Waals surface area contributed by atoms with E-state index in [0.717, 1.165) is 54.3 Å². The molecule has 2 aliphatic heterocycles. The van der Waals surface area contributed by atoms with Gasteiger partial charge in [0.05, 0.1) is 24.4 Å². The molecule has 47 heavy (non-hydrogen) atoms. The van der Waals surface area contributed by atoms with Gasteiger partial charge in [-0.2, -0.15) is 10.2 Å². The van der Waals surface area contributed by atoms with Crippen molar-refractivity contribution in [1.29, 1.82) is 0 Å². The Balaban J connectivity index is 0.945. The van der Waals surface area contributed by atoms with E-state index >= 15 is 0 Å². The maximum Gasteiger partial charge on any atom is 0.350 e. The molecule has 3 heterocycles. The minimum absolute atomic E-state index is 0.109. The van der Waals surface area contributed by atoms with Crippen LogP contribution in [-0.2, 0) is 15.3 Å². The normalized spacial score (nSPS) is 20.6. The van der Waals surface area contributed by atoms with E-state index in [0.29, 0.717) is 19.8 Å². The Morgan fingerprint density at radius 2 is 1.66 bits per heavy atom. The molecule has 0 bridgehead atoms. The molecule has 1 fully saturated rings. The minimum atomic E-state index is -0.941. The van der Waals surface area contributed by atoms with Crippen LogP contribution in [0.2, 0.25) is 0 Å². The summed E-state index contributed by atoms with van der Waals surface area (Å²) in [6, 6.07) is 26.0. The number of nitrogens with one attached hydrogen (secondary N) is 3. The van der Waals surface area contributed by atoms with Crippen LogP contribution in [0.3, 0.4) is 0 Å². The van der Waals surface area contributed by atoms with Crippen molar-refractivity contribution in [3.05, 3.63) is 101 Å². The lowest BCUT2D eigenvalue weighted by molar-refractivity contribution is -0.195. The Labute approximate surface area is 275 Å². The van der Waals surface area contributed by atoms with Gasteiger partial charge in [0.25, 0.3) is 0 Å². The molecular formula is C35H44N8O4. The molecular weight excluding hydrogens is 596 g/mol. The lowest BCUT2D eigenvalue weighted by atomic mass is 10.1. The van der Waals surface area contributed by atoms with Gasteiger partial charge in [-0.1, -0.05) is 44.2 Å². The number of hydrogen-bond donors (Lipinski definition) is 3. The SMILES string of the molecule is CCC(CC)n1ncn(-c2ccc(NCCNc3ccc(OC[C@@H]4CO[C@@](CN5N=CC(C)N5)(c5ccccc5)O4)cc3)cc2)c1=O. The first kappa shape index (κ1) is 32.3. The highest BCUT2D eigenvalue weighted by Crippen LogP contribution is 2.35. The van der Waals surface area contributed by atoms with E-state index in [9.17, 15) is 4.79 Å². The maximum absolute atomic E-state index is 12.8. The van der Waals surface area contributed by atoms with E-state index < -0.39 is 5.79 Å². The van der Waals surface area contributed by atoms with Crippen LogP contribution < -0.4 is 26.5 Å². The van der Waals surface area contributed by atoms with Gasteiger partial charge in [0.15, 0.2) is 0 Å². The quantitative estimate of drug-likeness (QED) is 0.158. The van der Waals surface area contributed by atoms with E-state index in [2.05, 4.69) is 40.1 Å². The molecule has 4 aromatic rings. The molecule has 1 unspecified atom stereocenters. The van der Waals surface area contributed by atoms with Crippen LogP contribution in [0, 0.1) is 0 Å². The van der Waals surface area contributed by atoms with E-state index in [1.54, 1.807) is 20.7 Å². The van der Waals surface area contributed by atoms with Crippen molar-refractivity contribution in [2.45, 2.75) is 57.6 Å². The zero-order valence-electron chi connectivity index (χ0n) is 27.2. The van der Waals surface area contributed by atoms with Crippen molar-refractivity contribution in [3.63, 3.8) is 0 Å². The van der Waals surface area contributed by atoms with Gasteiger partial charge in [-0.05, 0) is 68.3 Å². The van der Waals surface area contributed by atoms with Gasteiger partial charge in [-0.3, -0.25) is 0 Å². The molecule has 3 aromatic carbocycles. The Hall–Kier alpha value is -4.65. The van der Waals surface area contributed by atoms with Crippen LogP contribution in [0.15, 0.2) is 95.1 Å². The fourth-order valence-corrected chi connectivity index (χ4v) is 5.82. The van der Waals surface area contributed by atoms with Gasteiger partial charge in [0, 0.05) is 36.2 Å². The van der Waals surface area contributed by atoms with E-state index in [4.69, 9.17) is 14.2 Å². The Morgan fingerprint density at radius 3 is 2.30 bits per heavy atom. The molecule has 3 atom stereocenters. The maximum atomic E-state index is 12.8. The largest absolute Gasteiger partial charge is 0.491 e. The fourth-order valence-electron chi connectivity index (χ4n) is 5.82. The number of hydrazine groups is 1. The molecule has 0 aliphatic carbocycles. The molecule has 6 rings (SSSR count). The van der Waals surface area contributed by atoms with Crippen molar-refractivity contribution >= 4 is 17.6 Å². The lowest BCUT2D eigenvalue weighted by Crippen LogP contribution is -2.45. The highest BCUT2D eigenvalue weighted by atomic mass is 16.8. The molecule has 0 saturated carbocycles. The third kappa shape index (κ3) is 7.67. The summed E-state index contributed by atoms with van der Waals surface area (Å²) in [7, 11) is 0. The third-order valence-electron chi connectivity index (χ3n) is 8.41. The first-order chi connectivity index (χ1) is 23.0. The van der Waals surface area contributed by atoms with Gasteiger partial charge in [-0.25, -0.2) is 24.6 Å². The van der Waals surface area contributed by atoms with E-state index in [1.807, 2.05) is 92.0 Å². The average Bonchev–Trinajstić information content (AvgIpc) is 3.83. The predicted molar refractivity (Wildman–Crippen MR) is 183 cm³/mol. The summed E-state index contributed by atoms with van der Waals surface area (Å²) in [6.45, 7) is 8.84. The molecule has 3 N–H and O–H groups in total. The van der Waals surface area contributed by atoms with Crippen LogP contribution in [0.25, 0.3) is 5.69 Å². The highest BCUT2D eigenvalue weighted by molar-refractivity contribution is 5.64. The van der Waals surface area contributed by atoms with Crippen LogP contribution in [-0.4, -0.2) is 70.7 Å². The van der Waals surface area contributed by atoms with Gasteiger partial charge in [0.2, 0.25) is 5.79 Å². The van der Waals surface area contributed by atoms with Gasteiger partial charge < -0.3 is 24.8 Å². The molecule has 0 amide bonds. The molecule has 1 saturated heterocycles. The molecule has 248 valence electrons. The Kier molecular flexibility index (Phi) is 10.2. The number of aromatic nitrogens is 3. The summed E-state index contributed by atoms with van der Waals surface area (Å²) in [5, 5.41) is 17.4. The summed E-state index contributed by atoms with van der Waals surface area (Å²) in [4.78, 5) is 12.8. The molecule has 12 heteroatoms. The predicted octanol–water partition coefficient (Wildman–Crippen LogP) is 4.76. The second-order valence-electron chi connectivity index (χ2n) is 11.8. The average molecular weight is 641 g/mol.